The van der Waals surface area contributed by atoms with E-state index in [9.17, 15) is 23.7 Å². The van der Waals surface area contributed by atoms with Crippen molar-refractivity contribution in [2.75, 3.05) is 0 Å². The number of ether oxygens (including phenoxy) is 1. The second kappa shape index (κ2) is 7.26. The fourth-order valence-electron chi connectivity index (χ4n) is 1.92. The molecule has 0 unspecified atom stereocenters. The monoisotopic (exact) mass is 319 g/mol. The molecule has 0 aliphatic carbocycles. The molecular formula is C16H11F2NO4. The third kappa shape index (κ3) is 4.19. The number of alkyl halides is 2. The SMILES string of the molecule is O=C(/C=C/c1ccccc1OC(F)F)c1ccccc1[N+](=O)[O-]. The molecule has 2 aromatic carbocycles. The van der Waals surface area contributed by atoms with Crippen molar-refractivity contribution in [3.8, 4) is 5.75 Å². The zero-order chi connectivity index (χ0) is 16.8. The Balaban J connectivity index is 2.28. The summed E-state index contributed by atoms with van der Waals surface area (Å²) in [7, 11) is 0. The van der Waals surface area contributed by atoms with Crippen molar-refractivity contribution in [2.24, 2.45) is 0 Å². The summed E-state index contributed by atoms with van der Waals surface area (Å²) in [5, 5.41) is 10.9. The van der Waals surface area contributed by atoms with Crippen LogP contribution >= 0.6 is 0 Å². The number of hydrogen-bond donors (Lipinski definition) is 0. The molecule has 2 rings (SSSR count). The molecule has 0 bridgehead atoms. The topological polar surface area (TPSA) is 69.4 Å². The molecule has 0 atom stereocenters. The van der Waals surface area contributed by atoms with Crippen LogP contribution in [-0.4, -0.2) is 17.3 Å². The summed E-state index contributed by atoms with van der Waals surface area (Å²) >= 11 is 0. The molecule has 0 saturated carbocycles. The van der Waals surface area contributed by atoms with Crippen molar-refractivity contribution in [1.82, 2.24) is 0 Å². The van der Waals surface area contributed by atoms with Crippen LogP contribution in [-0.2, 0) is 0 Å². The first-order chi connectivity index (χ1) is 11.0. The molecule has 0 amide bonds. The van der Waals surface area contributed by atoms with Gasteiger partial charge in [-0.15, -0.1) is 0 Å². The smallest absolute Gasteiger partial charge is 0.387 e. The Kier molecular flexibility index (Phi) is 5.14. The molecule has 0 spiro atoms. The first-order valence-electron chi connectivity index (χ1n) is 6.48. The van der Waals surface area contributed by atoms with Crippen LogP contribution in [0.2, 0.25) is 0 Å². The predicted octanol–water partition coefficient (Wildman–Crippen LogP) is 4.09. The molecule has 0 heterocycles. The Morgan fingerprint density at radius 1 is 1.13 bits per heavy atom. The Morgan fingerprint density at radius 3 is 2.48 bits per heavy atom. The maximum Gasteiger partial charge on any atom is 0.387 e. The van der Waals surface area contributed by atoms with Gasteiger partial charge in [-0.05, 0) is 24.3 Å². The lowest BCUT2D eigenvalue weighted by atomic mass is 10.1. The molecule has 5 nitrogen and oxygen atoms in total. The van der Waals surface area contributed by atoms with E-state index in [1.165, 1.54) is 48.5 Å². The lowest BCUT2D eigenvalue weighted by Crippen LogP contribution is -2.03. The second-order valence-corrected chi connectivity index (χ2v) is 4.39. The highest BCUT2D eigenvalue weighted by Crippen LogP contribution is 2.23. The highest BCUT2D eigenvalue weighted by molar-refractivity contribution is 6.09. The van der Waals surface area contributed by atoms with Crippen molar-refractivity contribution < 1.29 is 23.2 Å². The molecule has 0 aliphatic heterocycles. The van der Waals surface area contributed by atoms with Crippen molar-refractivity contribution in [3.05, 3.63) is 75.8 Å². The fourth-order valence-corrected chi connectivity index (χ4v) is 1.92. The van der Waals surface area contributed by atoms with E-state index >= 15 is 0 Å². The molecule has 118 valence electrons. The van der Waals surface area contributed by atoms with Gasteiger partial charge in [0.2, 0.25) is 0 Å². The minimum absolute atomic E-state index is 0.0824. The number of nitrogens with zero attached hydrogens (tertiary/aromatic N) is 1. The number of halogens is 2. The van der Waals surface area contributed by atoms with Gasteiger partial charge in [-0.3, -0.25) is 14.9 Å². The third-order valence-corrected chi connectivity index (χ3v) is 2.92. The molecule has 23 heavy (non-hydrogen) atoms. The van der Waals surface area contributed by atoms with E-state index in [0.29, 0.717) is 0 Å². The zero-order valence-electron chi connectivity index (χ0n) is 11.7. The van der Waals surface area contributed by atoms with Gasteiger partial charge in [-0.25, -0.2) is 0 Å². The molecule has 0 saturated heterocycles. The number of carbonyl (C=O) groups is 1. The minimum Gasteiger partial charge on any atom is -0.434 e. The van der Waals surface area contributed by atoms with Gasteiger partial charge in [0.05, 0.1) is 10.5 Å². The van der Waals surface area contributed by atoms with Gasteiger partial charge >= 0.3 is 6.61 Å². The first-order valence-corrected chi connectivity index (χ1v) is 6.48. The largest absolute Gasteiger partial charge is 0.434 e. The molecule has 0 N–H and O–H groups in total. The van der Waals surface area contributed by atoms with Gasteiger partial charge in [0, 0.05) is 11.6 Å². The number of carbonyl (C=O) groups excluding carboxylic acids is 1. The summed E-state index contributed by atoms with van der Waals surface area (Å²) in [6.45, 7) is -2.99. The summed E-state index contributed by atoms with van der Waals surface area (Å²) in [5.41, 5.74) is -0.139. The summed E-state index contributed by atoms with van der Waals surface area (Å²) in [6.07, 6.45) is 2.35. The standard InChI is InChI=1S/C16H11F2NO4/c17-16(18)23-15-8-4-1-5-11(15)9-10-14(20)12-6-2-3-7-13(12)19(21)22/h1-10,16H/b10-9+. The number of hydrogen-bond acceptors (Lipinski definition) is 4. The Bertz CT molecular complexity index is 759. The highest BCUT2D eigenvalue weighted by Gasteiger charge is 2.17. The zero-order valence-corrected chi connectivity index (χ0v) is 11.7. The fraction of sp³-hybridized carbons (Fsp3) is 0.0625. The van der Waals surface area contributed by atoms with Crippen LogP contribution in [0.3, 0.4) is 0 Å². The van der Waals surface area contributed by atoms with Crippen molar-refractivity contribution >= 4 is 17.5 Å². The van der Waals surface area contributed by atoms with E-state index in [1.807, 2.05) is 0 Å². The van der Waals surface area contributed by atoms with E-state index in [2.05, 4.69) is 4.74 Å². The molecule has 2 aromatic rings. The van der Waals surface area contributed by atoms with Gasteiger partial charge in [-0.2, -0.15) is 8.78 Å². The van der Waals surface area contributed by atoms with Crippen LogP contribution < -0.4 is 4.74 Å². The lowest BCUT2D eigenvalue weighted by Gasteiger charge is -2.07. The van der Waals surface area contributed by atoms with Crippen molar-refractivity contribution in [2.45, 2.75) is 6.61 Å². The van der Waals surface area contributed by atoms with E-state index in [4.69, 9.17) is 0 Å². The Hall–Kier alpha value is -3.09. The highest BCUT2D eigenvalue weighted by atomic mass is 19.3. The van der Waals surface area contributed by atoms with Crippen LogP contribution in [0, 0.1) is 10.1 Å². The van der Waals surface area contributed by atoms with Crippen LogP contribution in [0.4, 0.5) is 14.5 Å². The van der Waals surface area contributed by atoms with E-state index in [1.54, 1.807) is 6.07 Å². The molecule has 7 heteroatoms. The maximum absolute atomic E-state index is 12.3. The minimum atomic E-state index is -2.99. The van der Waals surface area contributed by atoms with Gasteiger partial charge in [-0.1, -0.05) is 30.3 Å². The van der Waals surface area contributed by atoms with Gasteiger partial charge in [0.1, 0.15) is 5.75 Å². The lowest BCUT2D eigenvalue weighted by molar-refractivity contribution is -0.385. The number of para-hydroxylation sites is 2. The van der Waals surface area contributed by atoms with Crippen LogP contribution in [0.1, 0.15) is 15.9 Å². The van der Waals surface area contributed by atoms with Gasteiger partial charge in [0.25, 0.3) is 5.69 Å². The van der Waals surface area contributed by atoms with E-state index < -0.39 is 17.3 Å². The summed E-state index contributed by atoms with van der Waals surface area (Å²) in [4.78, 5) is 22.3. The average Bonchev–Trinajstić information content (AvgIpc) is 2.53. The summed E-state index contributed by atoms with van der Waals surface area (Å²) in [6, 6.07) is 11.4. The Morgan fingerprint density at radius 2 is 1.78 bits per heavy atom. The normalized spacial score (nSPS) is 10.9. The molecule has 0 aliphatic rings. The second-order valence-electron chi connectivity index (χ2n) is 4.39. The maximum atomic E-state index is 12.3. The van der Waals surface area contributed by atoms with Crippen molar-refractivity contribution in [1.29, 1.82) is 0 Å². The number of nitro benzene ring substituents is 1. The first kappa shape index (κ1) is 16.3. The van der Waals surface area contributed by atoms with Crippen molar-refractivity contribution in [3.63, 3.8) is 0 Å². The van der Waals surface area contributed by atoms with Gasteiger partial charge < -0.3 is 4.74 Å². The molecule has 0 fully saturated rings. The number of nitro groups is 1. The van der Waals surface area contributed by atoms with Crippen LogP contribution in [0.5, 0.6) is 5.75 Å². The number of benzene rings is 2. The summed E-state index contributed by atoms with van der Waals surface area (Å²) in [5.74, 6) is -0.696. The molecular weight excluding hydrogens is 308 g/mol. The van der Waals surface area contributed by atoms with Gasteiger partial charge in [0.15, 0.2) is 5.78 Å². The quantitative estimate of drug-likeness (QED) is 0.348. The Labute approximate surface area is 130 Å². The number of rotatable bonds is 6. The number of allylic oxidation sites excluding steroid dienone is 1. The van der Waals surface area contributed by atoms with Crippen LogP contribution in [0.25, 0.3) is 6.08 Å². The number of ketones is 1. The van der Waals surface area contributed by atoms with E-state index in [-0.39, 0.29) is 22.6 Å². The van der Waals surface area contributed by atoms with Crippen LogP contribution in [0.15, 0.2) is 54.6 Å². The van der Waals surface area contributed by atoms with E-state index in [0.717, 1.165) is 6.08 Å². The average molecular weight is 319 g/mol. The predicted molar refractivity (Wildman–Crippen MR) is 79.5 cm³/mol. The third-order valence-electron chi connectivity index (χ3n) is 2.92. The molecule has 0 radical (unpaired) electrons. The molecule has 0 aromatic heterocycles. The summed E-state index contributed by atoms with van der Waals surface area (Å²) < 4.78 is 29.0.